The van der Waals surface area contributed by atoms with E-state index in [1.165, 1.54) is 0 Å². The zero-order valence-electron chi connectivity index (χ0n) is 11.0. The van der Waals surface area contributed by atoms with Crippen LogP contribution in [0, 0.1) is 11.3 Å². The second-order valence-electron chi connectivity index (χ2n) is 4.29. The molecule has 106 valence electrons. The number of carboxylic acids is 2. The standard InChI is InChI=1S/C14H16N2O4/c15-10-11-3-1-4-12(9-11)16(8-6-14(19)20)7-2-5-13(17)18/h1,3-4,9H,2,5-8H2,(H,17,18)(H,19,20). The number of rotatable bonds is 8. The Kier molecular flexibility index (Phi) is 6.04. The average Bonchev–Trinajstić information content (AvgIpc) is 2.42. The van der Waals surface area contributed by atoms with Gasteiger partial charge in [-0.3, -0.25) is 9.59 Å². The highest BCUT2D eigenvalue weighted by Crippen LogP contribution is 2.17. The molecule has 0 saturated heterocycles. The summed E-state index contributed by atoms with van der Waals surface area (Å²) in [5.74, 6) is -1.79. The predicted molar refractivity (Wildman–Crippen MR) is 72.5 cm³/mol. The molecule has 6 nitrogen and oxygen atoms in total. The van der Waals surface area contributed by atoms with Gasteiger partial charge < -0.3 is 15.1 Å². The third kappa shape index (κ3) is 5.40. The molecule has 0 aliphatic heterocycles. The van der Waals surface area contributed by atoms with E-state index in [-0.39, 0.29) is 19.4 Å². The maximum atomic E-state index is 10.7. The second-order valence-corrected chi connectivity index (χ2v) is 4.29. The Morgan fingerprint density at radius 2 is 1.85 bits per heavy atom. The van der Waals surface area contributed by atoms with Gasteiger partial charge in [0.25, 0.3) is 0 Å². The molecule has 0 atom stereocenters. The van der Waals surface area contributed by atoms with E-state index < -0.39 is 11.9 Å². The first-order valence-corrected chi connectivity index (χ1v) is 6.21. The van der Waals surface area contributed by atoms with Crippen LogP contribution in [0.1, 0.15) is 24.8 Å². The molecular formula is C14H16N2O4. The minimum Gasteiger partial charge on any atom is -0.481 e. The van der Waals surface area contributed by atoms with E-state index in [1.807, 2.05) is 6.07 Å². The van der Waals surface area contributed by atoms with Crippen molar-refractivity contribution in [2.75, 3.05) is 18.0 Å². The van der Waals surface area contributed by atoms with Gasteiger partial charge in [-0.15, -0.1) is 0 Å². The SMILES string of the molecule is N#Cc1cccc(N(CCCC(=O)O)CCC(=O)O)c1. The van der Waals surface area contributed by atoms with Crippen LogP contribution in [0.2, 0.25) is 0 Å². The third-order valence-electron chi connectivity index (χ3n) is 2.75. The van der Waals surface area contributed by atoms with Crippen molar-refractivity contribution in [2.45, 2.75) is 19.3 Å². The zero-order chi connectivity index (χ0) is 15.0. The molecule has 0 bridgehead atoms. The van der Waals surface area contributed by atoms with Crippen molar-refractivity contribution in [3.8, 4) is 6.07 Å². The minimum absolute atomic E-state index is 0.0293. The first-order valence-electron chi connectivity index (χ1n) is 6.21. The minimum atomic E-state index is -0.912. The van der Waals surface area contributed by atoms with Crippen molar-refractivity contribution in [1.82, 2.24) is 0 Å². The van der Waals surface area contributed by atoms with Gasteiger partial charge in [0, 0.05) is 25.2 Å². The lowest BCUT2D eigenvalue weighted by Gasteiger charge is -2.24. The van der Waals surface area contributed by atoms with Crippen molar-refractivity contribution in [2.24, 2.45) is 0 Å². The van der Waals surface area contributed by atoms with Crippen LogP contribution in [0.15, 0.2) is 24.3 Å². The molecule has 1 rings (SSSR count). The quantitative estimate of drug-likeness (QED) is 0.749. The van der Waals surface area contributed by atoms with Crippen molar-refractivity contribution < 1.29 is 19.8 Å². The largest absolute Gasteiger partial charge is 0.481 e. The highest BCUT2D eigenvalue weighted by Gasteiger charge is 2.10. The first-order chi connectivity index (χ1) is 9.52. The molecule has 0 aliphatic rings. The van der Waals surface area contributed by atoms with Crippen LogP contribution in [0.4, 0.5) is 5.69 Å². The normalized spacial score (nSPS) is 9.75. The number of anilines is 1. The molecule has 0 aromatic heterocycles. The summed E-state index contributed by atoms with van der Waals surface area (Å²) in [5.41, 5.74) is 1.22. The van der Waals surface area contributed by atoms with E-state index in [1.54, 1.807) is 29.2 Å². The molecular weight excluding hydrogens is 260 g/mol. The fourth-order valence-corrected chi connectivity index (χ4v) is 1.79. The highest BCUT2D eigenvalue weighted by atomic mass is 16.4. The first kappa shape index (κ1) is 15.5. The predicted octanol–water partition coefficient (Wildman–Crippen LogP) is 1.70. The van der Waals surface area contributed by atoms with Crippen molar-refractivity contribution in [1.29, 1.82) is 5.26 Å². The summed E-state index contributed by atoms with van der Waals surface area (Å²) in [4.78, 5) is 23.0. The fourth-order valence-electron chi connectivity index (χ4n) is 1.79. The number of nitrogens with zero attached hydrogens (tertiary/aromatic N) is 2. The van der Waals surface area contributed by atoms with Gasteiger partial charge >= 0.3 is 11.9 Å². The van der Waals surface area contributed by atoms with Gasteiger partial charge in [-0.25, -0.2) is 0 Å². The van der Waals surface area contributed by atoms with Crippen LogP contribution in [-0.4, -0.2) is 35.2 Å². The number of carboxylic acid groups (broad SMARTS) is 2. The van der Waals surface area contributed by atoms with Gasteiger partial charge in [-0.1, -0.05) is 6.07 Å². The molecule has 0 heterocycles. The molecule has 2 N–H and O–H groups in total. The van der Waals surface area contributed by atoms with Gasteiger partial charge in [0.15, 0.2) is 0 Å². The van der Waals surface area contributed by atoms with Gasteiger partial charge in [0.2, 0.25) is 0 Å². The molecule has 1 aromatic rings. The molecule has 1 aromatic carbocycles. The van der Waals surface area contributed by atoms with E-state index in [0.29, 0.717) is 18.5 Å². The summed E-state index contributed by atoms with van der Waals surface area (Å²) in [7, 11) is 0. The summed E-state index contributed by atoms with van der Waals surface area (Å²) >= 11 is 0. The van der Waals surface area contributed by atoms with Crippen molar-refractivity contribution >= 4 is 17.6 Å². The molecule has 0 amide bonds. The van der Waals surface area contributed by atoms with Gasteiger partial charge in [0.1, 0.15) is 0 Å². The molecule has 6 heteroatoms. The second kappa shape index (κ2) is 7.79. The number of aliphatic carboxylic acids is 2. The summed E-state index contributed by atoms with van der Waals surface area (Å²) in [6.45, 7) is 0.721. The molecule has 0 spiro atoms. The molecule has 0 saturated carbocycles. The number of carbonyl (C=O) groups is 2. The Labute approximate surface area is 116 Å². The average molecular weight is 276 g/mol. The van der Waals surface area contributed by atoms with Gasteiger partial charge in [-0.2, -0.15) is 5.26 Å². The van der Waals surface area contributed by atoms with E-state index in [9.17, 15) is 9.59 Å². The van der Waals surface area contributed by atoms with E-state index in [4.69, 9.17) is 15.5 Å². The lowest BCUT2D eigenvalue weighted by atomic mass is 10.2. The van der Waals surface area contributed by atoms with E-state index in [2.05, 4.69) is 0 Å². The van der Waals surface area contributed by atoms with Gasteiger partial charge in [-0.05, 0) is 24.6 Å². The molecule has 0 aliphatic carbocycles. The lowest BCUT2D eigenvalue weighted by molar-refractivity contribution is -0.138. The zero-order valence-corrected chi connectivity index (χ0v) is 11.0. The van der Waals surface area contributed by atoms with Crippen molar-refractivity contribution in [3.05, 3.63) is 29.8 Å². The van der Waals surface area contributed by atoms with E-state index in [0.717, 1.165) is 5.69 Å². The van der Waals surface area contributed by atoms with Crippen LogP contribution in [0.5, 0.6) is 0 Å². The topological polar surface area (TPSA) is 102 Å². The monoisotopic (exact) mass is 276 g/mol. The van der Waals surface area contributed by atoms with Crippen molar-refractivity contribution in [3.63, 3.8) is 0 Å². The van der Waals surface area contributed by atoms with Crippen LogP contribution in [0.25, 0.3) is 0 Å². The summed E-state index contributed by atoms with van der Waals surface area (Å²) in [6, 6.07) is 8.86. The van der Waals surface area contributed by atoms with Gasteiger partial charge in [0.05, 0.1) is 18.1 Å². The number of hydrogen-bond donors (Lipinski definition) is 2. The molecule has 0 radical (unpaired) electrons. The third-order valence-corrected chi connectivity index (χ3v) is 2.75. The Hall–Kier alpha value is -2.55. The van der Waals surface area contributed by atoms with Crippen LogP contribution < -0.4 is 4.90 Å². The maximum Gasteiger partial charge on any atom is 0.305 e. The smallest absolute Gasteiger partial charge is 0.305 e. The summed E-state index contributed by atoms with van der Waals surface area (Å²) in [6.07, 6.45) is 0.414. The Morgan fingerprint density at radius 3 is 2.45 bits per heavy atom. The Balaban J connectivity index is 2.76. The Morgan fingerprint density at radius 1 is 1.15 bits per heavy atom. The lowest BCUT2D eigenvalue weighted by Crippen LogP contribution is -2.27. The highest BCUT2D eigenvalue weighted by molar-refractivity contribution is 5.68. The summed E-state index contributed by atoms with van der Waals surface area (Å²) < 4.78 is 0. The number of hydrogen-bond acceptors (Lipinski definition) is 4. The molecule has 0 unspecified atom stereocenters. The van der Waals surface area contributed by atoms with Crippen LogP contribution in [-0.2, 0) is 9.59 Å². The van der Waals surface area contributed by atoms with Crippen LogP contribution >= 0.6 is 0 Å². The van der Waals surface area contributed by atoms with E-state index >= 15 is 0 Å². The van der Waals surface area contributed by atoms with Crippen LogP contribution in [0.3, 0.4) is 0 Å². The number of nitriles is 1. The fraction of sp³-hybridized carbons (Fsp3) is 0.357. The number of benzene rings is 1. The Bertz CT molecular complexity index is 522. The molecule has 20 heavy (non-hydrogen) atoms. The maximum absolute atomic E-state index is 10.7. The molecule has 0 fully saturated rings. The summed E-state index contributed by atoms with van der Waals surface area (Å²) in [5, 5.41) is 26.3.